The first kappa shape index (κ1) is 12.4. The molecule has 1 aromatic carbocycles. The van der Waals surface area contributed by atoms with Crippen LogP contribution in [-0.2, 0) is 4.74 Å². The van der Waals surface area contributed by atoms with Crippen LogP contribution in [0.25, 0.3) is 0 Å². The van der Waals surface area contributed by atoms with Crippen LogP contribution < -0.4 is 10.1 Å². The average Bonchev–Trinajstić information content (AvgIpc) is 2.75. The van der Waals surface area contributed by atoms with Gasteiger partial charge in [-0.15, -0.1) is 0 Å². The lowest BCUT2D eigenvalue weighted by atomic mass is 9.97. The molecule has 1 saturated heterocycles. The molecule has 0 saturated carbocycles. The Kier molecular flexibility index (Phi) is 3.69. The topological polar surface area (TPSA) is 30.5 Å². The summed E-state index contributed by atoms with van der Waals surface area (Å²) in [6.07, 6.45) is 0.304. The average molecular weight is 235 g/mol. The molecule has 0 aliphatic carbocycles. The summed E-state index contributed by atoms with van der Waals surface area (Å²) in [5.74, 6) is 1.42. The van der Waals surface area contributed by atoms with E-state index < -0.39 is 0 Å². The van der Waals surface area contributed by atoms with Gasteiger partial charge in [-0.1, -0.05) is 19.9 Å². The number of benzene rings is 1. The lowest BCUT2D eigenvalue weighted by molar-refractivity contribution is 0.0528. The molecule has 2 unspecified atom stereocenters. The van der Waals surface area contributed by atoms with Crippen molar-refractivity contribution < 1.29 is 9.47 Å². The van der Waals surface area contributed by atoms with Crippen LogP contribution >= 0.6 is 0 Å². The van der Waals surface area contributed by atoms with Crippen LogP contribution in [0.15, 0.2) is 18.2 Å². The molecule has 0 amide bonds. The van der Waals surface area contributed by atoms with E-state index in [-0.39, 0.29) is 12.3 Å². The highest BCUT2D eigenvalue weighted by Crippen LogP contribution is 2.31. The lowest BCUT2D eigenvalue weighted by Crippen LogP contribution is -2.17. The van der Waals surface area contributed by atoms with Gasteiger partial charge in [0.1, 0.15) is 12.0 Å². The standard InChI is InChI=1S/C14H21NO2/c1-9(2)12-7-11(5-6-13(12)16-4)14-8-15-10(3)17-14/h5-7,9-10,14-15H,8H2,1-4H3. The molecule has 1 heterocycles. The van der Waals surface area contributed by atoms with Gasteiger partial charge in [-0.25, -0.2) is 0 Å². The lowest BCUT2D eigenvalue weighted by Gasteiger charge is -2.16. The van der Waals surface area contributed by atoms with Crippen LogP contribution in [0.1, 0.15) is 43.9 Å². The minimum Gasteiger partial charge on any atom is -0.496 e. The molecule has 3 nitrogen and oxygen atoms in total. The van der Waals surface area contributed by atoms with Gasteiger partial charge in [0.15, 0.2) is 0 Å². The maximum atomic E-state index is 5.80. The van der Waals surface area contributed by atoms with Gasteiger partial charge in [0.2, 0.25) is 0 Å². The van der Waals surface area contributed by atoms with E-state index >= 15 is 0 Å². The summed E-state index contributed by atoms with van der Waals surface area (Å²) in [4.78, 5) is 0. The Morgan fingerprint density at radius 2 is 2.18 bits per heavy atom. The number of methoxy groups -OCH3 is 1. The zero-order valence-electron chi connectivity index (χ0n) is 11.0. The monoisotopic (exact) mass is 235 g/mol. The van der Waals surface area contributed by atoms with Gasteiger partial charge in [0.25, 0.3) is 0 Å². The second-order valence-electron chi connectivity index (χ2n) is 4.83. The van der Waals surface area contributed by atoms with Gasteiger partial charge in [-0.2, -0.15) is 0 Å². The van der Waals surface area contributed by atoms with Crippen molar-refractivity contribution in [2.45, 2.75) is 39.0 Å². The quantitative estimate of drug-likeness (QED) is 0.874. The molecular formula is C14H21NO2. The normalized spacial score (nSPS) is 24.3. The summed E-state index contributed by atoms with van der Waals surface area (Å²) in [7, 11) is 1.72. The van der Waals surface area contributed by atoms with Crippen molar-refractivity contribution in [2.75, 3.05) is 13.7 Å². The zero-order chi connectivity index (χ0) is 12.4. The van der Waals surface area contributed by atoms with Crippen molar-refractivity contribution in [3.63, 3.8) is 0 Å². The SMILES string of the molecule is COc1ccc(C2CNC(C)O2)cc1C(C)C. The third-order valence-corrected chi connectivity index (χ3v) is 3.21. The predicted molar refractivity (Wildman–Crippen MR) is 68.4 cm³/mol. The molecule has 3 heteroatoms. The smallest absolute Gasteiger partial charge is 0.122 e. The maximum Gasteiger partial charge on any atom is 0.122 e. The van der Waals surface area contributed by atoms with Crippen molar-refractivity contribution in [1.29, 1.82) is 0 Å². The van der Waals surface area contributed by atoms with E-state index in [1.165, 1.54) is 11.1 Å². The predicted octanol–water partition coefficient (Wildman–Crippen LogP) is 2.83. The summed E-state index contributed by atoms with van der Waals surface area (Å²) < 4.78 is 11.2. The molecule has 94 valence electrons. The summed E-state index contributed by atoms with van der Waals surface area (Å²) in [6.45, 7) is 7.27. The van der Waals surface area contributed by atoms with E-state index in [9.17, 15) is 0 Å². The highest BCUT2D eigenvalue weighted by molar-refractivity contribution is 5.40. The van der Waals surface area contributed by atoms with Crippen molar-refractivity contribution in [3.8, 4) is 5.75 Å². The molecule has 1 fully saturated rings. The van der Waals surface area contributed by atoms with E-state index in [1.807, 2.05) is 13.0 Å². The highest BCUT2D eigenvalue weighted by Gasteiger charge is 2.23. The molecule has 17 heavy (non-hydrogen) atoms. The van der Waals surface area contributed by atoms with Gasteiger partial charge < -0.3 is 9.47 Å². The second kappa shape index (κ2) is 5.07. The molecule has 1 N–H and O–H groups in total. The van der Waals surface area contributed by atoms with Crippen molar-refractivity contribution in [2.24, 2.45) is 0 Å². The number of hydrogen-bond donors (Lipinski definition) is 1. The fraction of sp³-hybridized carbons (Fsp3) is 0.571. The minimum absolute atomic E-state index is 0.143. The minimum atomic E-state index is 0.143. The Morgan fingerprint density at radius 3 is 2.71 bits per heavy atom. The van der Waals surface area contributed by atoms with Gasteiger partial charge >= 0.3 is 0 Å². The van der Waals surface area contributed by atoms with E-state index in [0.717, 1.165) is 12.3 Å². The maximum absolute atomic E-state index is 5.80. The fourth-order valence-electron chi connectivity index (χ4n) is 2.22. The van der Waals surface area contributed by atoms with Crippen molar-refractivity contribution in [3.05, 3.63) is 29.3 Å². The number of nitrogens with one attached hydrogen (secondary N) is 1. The van der Waals surface area contributed by atoms with Gasteiger partial charge in [0.05, 0.1) is 13.2 Å². The van der Waals surface area contributed by atoms with Crippen molar-refractivity contribution >= 4 is 0 Å². The Morgan fingerprint density at radius 1 is 1.41 bits per heavy atom. The molecule has 0 radical (unpaired) electrons. The highest BCUT2D eigenvalue weighted by atomic mass is 16.5. The summed E-state index contributed by atoms with van der Waals surface area (Å²) >= 11 is 0. The fourth-order valence-corrected chi connectivity index (χ4v) is 2.22. The zero-order valence-corrected chi connectivity index (χ0v) is 11.0. The Balaban J connectivity index is 2.27. The third-order valence-electron chi connectivity index (χ3n) is 3.21. The van der Waals surface area contributed by atoms with Crippen LogP contribution in [0.5, 0.6) is 5.75 Å². The first-order chi connectivity index (χ1) is 8.11. The largest absolute Gasteiger partial charge is 0.496 e. The Bertz CT molecular complexity index is 390. The number of ether oxygens (including phenoxy) is 2. The molecule has 1 aromatic rings. The molecule has 0 spiro atoms. The van der Waals surface area contributed by atoms with Gasteiger partial charge in [-0.3, -0.25) is 5.32 Å². The molecular weight excluding hydrogens is 214 g/mol. The van der Waals surface area contributed by atoms with E-state index in [2.05, 4.69) is 31.3 Å². The molecule has 1 aliphatic rings. The summed E-state index contributed by atoms with van der Waals surface area (Å²) in [5, 5.41) is 3.29. The van der Waals surface area contributed by atoms with Crippen LogP contribution in [-0.4, -0.2) is 19.9 Å². The van der Waals surface area contributed by atoms with E-state index in [0.29, 0.717) is 5.92 Å². The van der Waals surface area contributed by atoms with Crippen molar-refractivity contribution in [1.82, 2.24) is 5.32 Å². The first-order valence-corrected chi connectivity index (χ1v) is 6.18. The molecule has 1 aliphatic heterocycles. The molecule has 2 atom stereocenters. The van der Waals surface area contributed by atoms with Gasteiger partial charge in [0, 0.05) is 6.54 Å². The summed E-state index contributed by atoms with van der Waals surface area (Å²) in [5.41, 5.74) is 2.47. The number of hydrogen-bond acceptors (Lipinski definition) is 3. The van der Waals surface area contributed by atoms with E-state index in [1.54, 1.807) is 7.11 Å². The van der Waals surface area contributed by atoms with Crippen LogP contribution in [0, 0.1) is 0 Å². The molecule has 2 rings (SSSR count). The second-order valence-corrected chi connectivity index (χ2v) is 4.83. The molecule has 0 bridgehead atoms. The molecule has 0 aromatic heterocycles. The van der Waals surface area contributed by atoms with Crippen LogP contribution in [0.2, 0.25) is 0 Å². The van der Waals surface area contributed by atoms with E-state index in [4.69, 9.17) is 9.47 Å². The Hall–Kier alpha value is -1.06. The third kappa shape index (κ3) is 2.61. The number of rotatable bonds is 3. The first-order valence-electron chi connectivity index (χ1n) is 6.18. The summed E-state index contributed by atoms with van der Waals surface area (Å²) in [6, 6.07) is 6.33. The Labute approximate surface area is 103 Å². The van der Waals surface area contributed by atoms with Gasteiger partial charge in [-0.05, 0) is 36.1 Å². The van der Waals surface area contributed by atoms with Crippen LogP contribution in [0.4, 0.5) is 0 Å². The van der Waals surface area contributed by atoms with Crippen LogP contribution in [0.3, 0.4) is 0 Å².